The molecule has 0 aromatic heterocycles. The Hall–Kier alpha value is -2.80. The minimum Gasteiger partial charge on any atom is -0.506 e. The highest BCUT2D eigenvalue weighted by Gasteiger charge is 2.42. The number of aryl methyl sites for hydroxylation is 3. The lowest BCUT2D eigenvalue weighted by molar-refractivity contribution is -0.121. The zero-order valence-corrected chi connectivity index (χ0v) is 16.1. The number of anilines is 2. The molecule has 2 aromatic carbocycles. The topological polar surface area (TPSA) is 86.7 Å². The van der Waals surface area contributed by atoms with Crippen molar-refractivity contribution in [3.8, 4) is 5.75 Å². The Morgan fingerprint density at radius 2 is 1.78 bits per heavy atom. The van der Waals surface area contributed by atoms with E-state index in [2.05, 4.69) is 5.32 Å². The van der Waals surface area contributed by atoms with E-state index in [9.17, 15) is 19.5 Å². The molecular weight excluding hydrogens is 364 g/mol. The summed E-state index contributed by atoms with van der Waals surface area (Å²) < 4.78 is 0. The predicted octanol–water partition coefficient (Wildman–Crippen LogP) is 3.91. The van der Waals surface area contributed by atoms with Crippen molar-refractivity contribution >= 4 is 40.2 Å². The molecular formula is C20H20N2O4S. The molecule has 0 radical (unpaired) electrons. The number of benzene rings is 2. The molecule has 1 aliphatic rings. The van der Waals surface area contributed by atoms with Gasteiger partial charge in [0.05, 0.1) is 11.4 Å². The van der Waals surface area contributed by atoms with Crippen molar-refractivity contribution in [3.05, 3.63) is 53.1 Å². The van der Waals surface area contributed by atoms with E-state index in [0.29, 0.717) is 5.69 Å². The zero-order chi connectivity index (χ0) is 19.7. The molecule has 2 aromatic rings. The Balaban J connectivity index is 1.73. The number of nitrogens with one attached hydrogen (secondary N) is 1. The first-order valence-corrected chi connectivity index (χ1v) is 9.35. The number of amides is 3. The average molecular weight is 384 g/mol. The van der Waals surface area contributed by atoms with Gasteiger partial charge in [0, 0.05) is 6.42 Å². The summed E-state index contributed by atoms with van der Waals surface area (Å²) in [5.74, 6) is -0.884. The molecule has 0 saturated carbocycles. The molecule has 1 fully saturated rings. The van der Waals surface area contributed by atoms with E-state index in [1.165, 1.54) is 6.07 Å². The van der Waals surface area contributed by atoms with Crippen LogP contribution < -0.4 is 10.2 Å². The van der Waals surface area contributed by atoms with E-state index in [0.717, 1.165) is 33.4 Å². The van der Waals surface area contributed by atoms with Crippen LogP contribution in [0.5, 0.6) is 5.75 Å². The third kappa shape index (κ3) is 3.98. The van der Waals surface area contributed by atoms with E-state index in [1.54, 1.807) is 18.2 Å². The van der Waals surface area contributed by atoms with E-state index in [1.807, 2.05) is 32.9 Å². The maximum absolute atomic E-state index is 12.7. The van der Waals surface area contributed by atoms with E-state index < -0.39 is 17.1 Å². The number of thioether (sulfide) groups is 1. The molecule has 3 amide bonds. The van der Waals surface area contributed by atoms with Crippen molar-refractivity contribution in [3.63, 3.8) is 0 Å². The molecule has 3 rings (SSSR count). The van der Waals surface area contributed by atoms with Gasteiger partial charge in [-0.3, -0.25) is 14.4 Å². The molecule has 0 spiro atoms. The predicted molar refractivity (Wildman–Crippen MR) is 106 cm³/mol. The van der Waals surface area contributed by atoms with Gasteiger partial charge >= 0.3 is 0 Å². The van der Waals surface area contributed by atoms with Crippen LogP contribution in [0.2, 0.25) is 0 Å². The third-order valence-corrected chi connectivity index (χ3v) is 5.35. The second-order valence-corrected chi connectivity index (χ2v) is 7.76. The highest BCUT2D eigenvalue weighted by Crippen LogP contribution is 2.35. The quantitative estimate of drug-likeness (QED) is 0.781. The maximum Gasteiger partial charge on any atom is 0.293 e. The number of rotatable bonds is 4. The summed E-state index contributed by atoms with van der Waals surface area (Å²) in [5.41, 5.74) is 3.57. The summed E-state index contributed by atoms with van der Waals surface area (Å²) in [6, 6.07) is 10.3. The van der Waals surface area contributed by atoms with Crippen molar-refractivity contribution in [2.24, 2.45) is 0 Å². The van der Waals surface area contributed by atoms with Crippen LogP contribution in [0, 0.1) is 20.8 Å². The van der Waals surface area contributed by atoms with Gasteiger partial charge in [0.1, 0.15) is 11.0 Å². The number of aromatic hydroxyl groups is 1. The second-order valence-electron chi connectivity index (χ2n) is 6.61. The molecule has 7 heteroatoms. The van der Waals surface area contributed by atoms with E-state index >= 15 is 0 Å². The lowest BCUT2D eigenvalue weighted by atomic mass is 10.1. The van der Waals surface area contributed by atoms with Crippen LogP contribution in [0.3, 0.4) is 0 Å². The standard InChI is InChI=1S/C20H20N2O4S/c1-11-4-6-15(13(3)8-11)22-19(25)17(27-20(22)26)10-18(24)21-14-9-12(2)5-7-16(14)23/h4-9,17,23H,10H2,1-3H3,(H,21,24). The molecule has 0 aliphatic carbocycles. The summed E-state index contributed by atoms with van der Waals surface area (Å²) in [7, 11) is 0. The Kier molecular flexibility index (Phi) is 5.23. The zero-order valence-electron chi connectivity index (χ0n) is 15.3. The SMILES string of the molecule is Cc1ccc(N2C(=O)SC(CC(=O)Nc3cc(C)ccc3O)C2=O)c(C)c1. The lowest BCUT2D eigenvalue weighted by Gasteiger charge is -2.17. The highest BCUT2D eigenvalue weighted by atomic mass is 32.2. The van der Waals surface area contributed by atoms with Crippen LogP contribution in [-0.2, 0) is 9.59 Å². The van der Waals surface area contributed by atoms with E-state index in [4.69, 9.17) is 0 Å². The molecule has 1 atom stereocenters. The number of phenolic OH excluding ortho intramolecular Hbond substituents is 1. The van der Waals surface area contributed by atoms with Crippen LogP contribution in [-0.4, -0.2) is 27.4 Å². The molecule has 0 bridgehead atoms. The van der Waals surface area contributed by atoms with Crippen LogP contribution in [0.15, 0.2) is 36.4 Å². The first-order chi connectivity index (χ1) is 12.8. The summed E-state index contributed by atoms with van der Waals surface area (Å²) in [4.78, 5) is 38.5. The van der Waals surface area contributed by atoms with Crippen LogP contribution in [0.25, 0.3) is 0 Å². The largest absolute Gasteiger partial charge is 0.506 e. The minimum absolute atomic E-state index is 0.0488. The monoisotopic (exact) mass is 384 g/mol. The average Bonchev–Trinajstić information content (AvgIpc) is 2.85. The molecule has 2 N–H and O–H groups in total. The van der Waals surface area contributed by atoms with Gasteiger partial charge < -0.3 is 10.4 Å². The lowest BCUT2D eigenvalue weighted by Crippen LogP contribution is -2.33. The first-order valence-electron chi connectivity index (χ1n) is 8.47. The van der Waals surface area contributed by atoms with Gasteiger partial charge in [0.15, 0.2) is 0 Å². The molecule has 1 aliphatic heterocycles. The van der Waals surface area contributed by atoms with Crippen LogP contribution in [0.1, 0.15) is 23.1 Å². The third-order valence-electron chi connectivity index (χ3n) is 4.31. The normalized spacial score (nSPS) is 16.7. The van der Waals surface area contributed by atoms with Gasteiger partial charge in [0.2, 0.25) is 11.8 Å². The molecule has 1 unspecified atom stereocenters. The summed E-state index contributed by atoms with van der Waals surface area (Å²) >= 11 is 0.850. The number of nitrogens with zero attached hydrogens (tertiary/aromatic N) is 1. The fraction of sp³-hybridized carbons (Fsp3) is 0.250. The number of imide groups is 1. The van der Waals surface area contributed by atoms with Crippen LogP contribution >= 0.6 is 11.8 Å². The van der Waals surface area contributed by atoms with Crippen molar-refractivity contribution in [1.29, 1.82) is 0 Å². The Labute approximate surface area is 161 Å². The fourth-order valence-corrected chi connectivity index (χ4v) is 3.96. The Morgan fingerprint density at radius 1 is 1.11 bits per heavy atom. The molecule has 1 heterocycles. The molecule has 140 valence electrons. The summed E-state index contributed by atoms with van der Waals surface area (Å²) in [5, 5.41) is 11.3. The summed E-state index contributed by atoms with van der Waals surface area (Å²) in [6.07, 6.45) is -0.149. The van der Waals surface area contributed by atoms with Gasteiger partial charge in [-0.2, -0.15) is 0 Å². The number of hydrogen-bond acceptors (Lipinski definition) is 5. The minimum atomic E-state index is -0.787. The van der Waals surface area contributed by atoms with Crippen molar-refractivity contribution in [1.82, 2.24) is 0 Å². The molecule has 6 nitrogen and oxygen atoms in total. The van der Waals surface area contributed by atoms with Crippen LogP contribution in [0.4, 0.5) is 16.2 Å². The Bertz CT molecular complexity index is 942. The maximum atomic E-state index is 12.7. The van der Waals surface area contributed by atoms with Crippen molar-refractivity contribution in [2.75, 3.05) is 10.2 Å². The number of hydrogen-bond donors (Lipinski definition) is 2. The van der Waals surface area contributed by atoms with Gasteiger partial charge in [-0.15, -0.1) is 0 Å². The van der Waals surface area contributed by atoms with Gasteiger partial charge in [0.25, 0.3) is 5.24 Å². The fourth-order valence-electron chi connectivity index (χ4n) is 2.98. The van der Waals surface area contributed by atoms with Crippen molar-refractivity contribution < 1.29 is 19.5 Å². The van der Waals surface area contributed by atoms with Gasteiger partial charge in [-0.05, 0) is 61.9 Å². The van der Waals surface area contributed by atoms with Crippen molar-refractivity contribution in [2.45, 2.75) is 32.4 Å². The number of phenols is 1. The Morgan fingerprint density at radius 3 is 2.48 bits per heavy atom. The van der Waals surface area contributed by atoms with E-state index in [-0.39, 0.29) is 23.1 Å². The second kappa shape index (κ2) is 7.44. The summed E-state index contributed by atoms with van der Waals surface area (Å²) in [6.45, 7) is 5.62. The van der Waals surface area contributed by atoms with Gasteiger partial charge in [-0.25, -0.2) is 4.90 Å². The number of carbonyl (C=O) groups excluding carboxylic acids is 3. The highest BCUT2D eigenvalue weighted by molar-refractivity contribution is 8.15. The number of carbonyl (C=O) groups is 3. The molecule has 1 saturated heterocycles. The van der Waals surface area contributed by atoms with Gasteiger partial charge in [-0.1, -0.05) is 23.8 Å². The smallest absolute Gasteiger partial charge is 0.293 e. The molecule has 27 heavy (non-hydrogen) atoms. The first kappa shape index (κ1) is 19.0.